The molecule has 2 rings (SSSR count). The number of aliphatic imine (C=N–C) groups is 1. The number of hydrogen-bond donors (Lipinski definition) is 2. The molecule has 0 heterocycles. The highest BCUT2D eigenvalue weighted by Gasteiger charge is 2.07. The van der Waals surface area contributed by atoms with E-state index < -0.39 is 13.0 Å². The molecule has 0 saturated carbocycles. The second-order valence-electron chi connectivity index (χ2n) is 6.58. The average molecular weight is 421 g/mol. The van der Waals surface area contributed by atoms with Gasteiger partial charge in [-0.05, 0) is 36.2 Å². The zero-order valence-electron chi connectivity index (χ0n) is 17.6. The molecule has 0 aliphatic rings. The van der Waals surface area contributed by atoms with E-state index in [1.165, 1.54) is 0 Å². The number of benzene rings is 2. The maximum Gasteiger partial charge on any atom is 0.272 e. The SMILES string of the molecule is CN=C(NCc1cccc(OCC(F)F)c1)NCc1ccc(C)cc1OCCOC. The van der Waals surface area contributed by atoms with Gasteiger partial charge in [0.05, 0.1) is 6.61 Å². The molecule has 0 aliphatic heterocycles. The van der Waals surface area contributed by atoms with E-state index in [2.05, 4.69) is 15.6 Å². The summed E-state index contributed by atoms with van der Waals surface area (Å²) >= 11 is 0. The molecular formula is C22H29F2N3O3. The van der Waals surface area contributed by atoms with Crippen molar-refractivity contribution in [3.8, 4) is 11.5 Å². The van der Waals surface area contributed by atoms with Crippen LogP contribution < -0.4 is 20.1 Å². The Bertz CT molecular complexity index is 816. The van der Waals surface area contributed by atoms with Crippen LogP contribution in [0.1, 0.15) is 16.7 Å². The number of nitrogens with one attached hydrogen (secondary N) is 2. The second kappa shape index (κ2) is 12.6. The van der Waals surface area contributed by atoms with Crippen molar-refractivity contribution in [3.05, 3.63) is 59.2 Å². The van der Waals surface area contributed by atoms with Crippen LogP contribution in [0.4, 0.5) is 8.78 Å². The van der Waals surface area contributed by atoms with Gasteiger partial charge in [0.25, 0.3) is 6.43 Å². The van der Waals surface area contributed by atoms with E-state index in [1.54, 1.807) is 32.4 Å². The first-order valence-corrected chi connectivity index (χ1v) is 9.67. The summed E-state index contributed by atoms with van der Waals surface area (Å²) in [6.07, 6.45) is -2.50. The Morgan fingerprint density at radius 2 is 1.83 bits per heavy atom. The number of halogens is 2. The summed E-state index contributed by atoms with van der Waals surface area (Å²) in [4.78, 5) is 4.23. The summed E-state index contributed by atoms with van der Waals surface area (Å²) in [5.41, 5.74) is 3.01. The van der Waals surface area contributed by atoms with Crippen LogP contribution in [0.3, 0.4) is 0 Å². The van der Waals surface area contributed by atoms with Crippen LogP contribution in [-0.2, 0) is 17.8 Å². The molecule has 0 bridgehead atoms. The Morgan fingerprint density at radius 1 is 1.03 bits per heavy atom. The van der Waals surface area contributed by atoms with Gasteiger partial charge in [-0.3, -0.25) is 4.99 Å². The minimum Gasteiger partial charge on any atom is -0.491 e. The van der Waals surface area contributed by atoms with Crippen LogP contribution >= 0.6 is 0 Å². The van der Waals surface area contributed by atoms with Gasteiger partial charge in [0.2, 0.25) is 0 Å². The molecule has 0 saturated heterocycles. The number of ether oxygens (including phenoxy) is 3. The Balaban J connectivity index is 1.90. The number of hydrogen-bond acceptors (Lipinski definition) is 4. The quantitative estimate of drug-likeness (QED) is 0.330. The lowest BCUT2D eigenvalue weighted by molar-refractivity contribution is 0.0818. The third-order valence-electron chi connectivity index (χ3n) is 4.17. The lowest BCUT2D eigenvalue weighted by Gasteiger charge is -2.16. The number of nitrogens with zero attached hydrogens (tertiary/aromatic N) is 1. The standard InChI is InChI=1S/C22H29F2N3O3/c1-16-7-8-18(20(11-16)29-10-9-28-3)14-27-22(25-2)26-13-17-5-4-6-19(12-17)30-15-21(23)24/h4-8,11-12,21H,9-10,13-15H2,1-3H3,(H2,25,26,27). The van der Waals surface area contributed by atoms with Crippen molar-refractivity contribution in [2.75, 3.05) is 34.0 Å². The molecule has 2 aromatic rings. The maximum atomic E-state index is 12.3. The molecule has 8 heteroatoms. The molecule has 6 nitrogen and oxygen atoms in total. The van der Waals surface area contributed by atoms with Gasteiger partial charge in [-0.2, -0.15) is 0 Å². The van der Waals surface area contributed by atoms with Gasteiger partial charge < -0.3 is 24.8 Å². The van der Waals surface area contributed by atoms with Crippen molar-refractivity contribution in [2.24, 2.45) is 4.99 Å². The zero-order valence-corrected chi connectivity index (χ0v) is 17.6. The Kier molecular flexibility index (Phi) is 9.86. The van der Waals surface area contributed by atoms with Crippen LogP contribution in [0.15, 0.2) is 47.5 Å². The van der Waals surface area contributed by atoms with Gasteiger partial charge in [0.1, 0.15) is 24.7 Å². The van der Waals surface area contributed by atoms with Gasteiger partial charge in [0.15, 0.2) is 5.96 Å². The van der Waals surface area contributed by atoms with Crippen molar-refractivity contribution in [2.45, 2.75) is 26.4 Å². The number of alkyl halides is 2. The van der Waals surface area contributed by atoms with Crippen LogP contribution in [-0.4, -0.2) is 46.4 Å². The highest BCUT2D eigenvalue weighted by molar-refractivity contribution is 5.79. The first kappa shape index (κ1) is 23.4. The molecular weight excluding hydrogens is 392 g/mol. The molecule has 0 fully saturated rings. The van der Waals surface area contributed by atoms with Crippen LogP contribution in [0.25, 0.3) is 0 Å². The number of guanidine groups is 1. The number of aryl methyl sites for hydroxylation is 1. The van der Waals surface area contributed by atoms with Gasteiger partial charge >= 0.3 is 0 Å². The molecule has 2 aromatic carbocycles. The summed E-state index contributed by atoms with van der Waals surface area (Å²) in [5.74, 6) is 1.83. The lowest BCUT2D eigenvalue weighted by atomic mass is 10.1. The molecule has 0 radical (unpaired) electrons. The number of rotatable bonds is 11. The van der Waals surface area contributed by atoms with Crippen LogP contribution in [0, 0.1) is 6.92 Å². The Morgan fingerprint density at radius 3 is 2.57 bits per heavy atom. The molecule has 30 heavy (non-hydrogen) atoms. The van der Waals surface area contributed by atoms with Gasteiger partial charge in [-0.1, -0.05) is 24.3 Å². The predicted octanol–water partition coefficient (Wildman–Crippen LogP) is 3.53. The molecule has 0 atom stereocenters. The Labute approximate surface area is 176 Å². The molecule has 0 aliphatic carbocycles. The fourth-order valence-electron chi connectivity index (χ4n) is 2.67. The van der Waals surface area contributed by atoms with Crippen molar-refractivity contribution in [1.82, 2.24) is 10.6 Å². The first-order valence-electron chi connectivity index (χ1n) is 9.67. The molecule has 0 aromatic heterocycles. The van der Waals surface area contributed by atoms with E-state index in [-0.39, 0.29) is 0 Å². The van der Waals surface area contributed by atoms with Crippen molar-refractivity contribution >= 4 is 5.96 Å². The van der Waals surface area contributed by atoms with Gasteiger partial charge in [0, 0.05) is 32.8 Å². The summed E-state index contributed by atoms with van der Waals surface area (Å²) < 4.78 is 40.5. The zero-order chi connectivity index (χ0) is 21.8. The average Bonchev–Trinajstić information content (AvgIpc) is 2.74. The fraction of sp³-hybridized carbons (Fsp3) is 0.409. The van der Waals surface area contributed by atoms with E-state index in [4.69, 9.17) is 14.2 Å². The fourth-order valence-corrected chi connectivity index (χ4v) is 2.67. The monoisotopic (exact) mass is 421 g/mol. The van der Waals surface area contributed by atoms with E-state index in [0.717, 1.165) is 22.4 Å². The summed E-state index contributed by atoms with van der Waals surface area (Å²) in [5, 5.41) is 6.46. The van der Waals surface area contributed by atoms with Crippen molar-refractivity contribution in [3.63, 3.8) is 0 Å². The molecule has 164 valence electrons. The first-order chi connectivity index (χ1) is 14.5. The van der Waals surface area contributed by atoms with Crippen molar-refractivity contribution < 1.29 is 23.0 Å². The van der Waals surface area contributed by atoms with Gasteiger partial charge in [-0.15, -0.1) is 0 Å². The lowest BCUT2D eigenvalue weighted by Crippen LogP contribution is -2.36. The third-order valence-corrected chi connectivity index (χ3v) is 4.17. The summed E-state index contributed by atoms with van der Waals surface area (Å²) in [7, 11) is 3.32. The highest BCUT2D eigenvalue weighted by atomic mass is 19.3. The molecule has 0 amide bonds. The molecule has 2 N–H and O–H groups in total. The minimum absolute atomic E-state index is 0.412. The second-order valence-corrected chi connectivity index (χ2v) is 6.58. The van der Waals surface area contributed by atoms with E-state index in [9.17, 15) is 8.78 Å². The third kappa shape index (κ3) is 8.24. The van der Waals surface area contributed by atoms with Crippen LogP contribution in [0.2, 0.25) is 0 Å². The minimum atomic E-state index is -2.50. The number of methoxy groups -OCH3 is 1. The largest absolute Gasteiger partial charge is 0.491 e. The normalized spacial score (nSPS) is 11.5. The summed E-state index contributed by atoms with van der Waals surface area (Å²) in [6, 6.07) is 13.1. The van der Waals surface area contributed by atoms with Crippen molar-refractivity contribution in [1.29, 1.82) is 0 Å². The van der Waals surface area contributed by atoms with Crippen LogP contribution in [0.5, 0.6) is 11.5 Å². The summed E-state index contributed by atoms with van der Waals surface area (Å²) in [6.45, 7) is 3.38. The van der Waals surface area contributed by atoms with E-state index in [1.807, 2.05) is 31.2 Å². The molecule has 0 unspecified atom stereocenters. The highest BCUT2D eigenvalue weighted by Crippen LogP contribution is 2.20. The van der Waals surface area contributed by atoms with E-state index >= 15 is 0 Å². The Hall–Kier alpha value is -2.87. The smallest absolute Gasteiger partial charge is 0.272 e. The van der Waals surface area contributed by atoms with Gasteiger partial charge in [-0.25, -0.2) is 8.78 Å². The topological polar surface area (TPSA) is 64.1 Å². The predicted molar refractivity (Wildman–Crippen MR) is 114 cm³/mol. The molecule has 0 spiro atoms. The van der Waals surface area contributed by atoms with E-state index in [0.29, 0.717) is 38.0 Å². The maximum absolute atomic E-state index is 12.3.